The molecule has 0 saturated carbocycles. The van der Waals surface area contributed by atoms with Crippen LogP contribution in [-0.4, -0.2) is 36.1 Å². The zero-order valence-corrected chi connectivity index (χ0v) is 13.4. The molecule has 0 spiro atoms. The molecule has 0 bridgehead atoms. The molecule has 3 heterocycles. The number of likely N-dealkylation sites (tertiary alicyclic amines) is 1. The maximum absolute atomic E-state index is 4.78. The van der Waals surface area contributed by atoms with Crippen LogP contribution in [0.25, 0.3) is 0 Å². The Kier molecular flexibility index (Phi) is 5.13. The largest absolute Gasteiger partial charge is 0.356 e. The van der Waals surface area contributed by atoms with Gasteiger partial charge in [-0.15, -0.1) is 0 Å². The summed E-state index contributed by atoms with van der Waals surface area (Å²) in [4.78, 5) is 9.99. The van der Waals surface area contributed by atoms with Gasteiger partial charge in [0.1, 0.15) is 5.82 Å². The molecule has 3 rings (SSSR count). The van der Waals surface area contributed by atoms with Gasteiger partial charge in [-0.3, -0.25) is 4.90 Å². The lowest BCUT2D eigenvalue weighted by atomic mass is 10.0. The summed E-state index contributed by atoms with van der Waals surface area (Å²) in [7, 11) is 0. The average Bonchev–Trinajstić information content (AvgIpc) is 2.81. The van der Waals surface area contributed by atoms with E-state index in [4.69, 9.17) is 4.98 Å². The highest BCUT2D eigenvalue weighted by atomic mass is 15.2. The van der Waals surface area contributed by atoms with Crippen molar-refractivity contribution in [2.24, 2.45) is 0 Å². The van der Waals surface area contributed by atoms with E-state index < -0.39 is 0 Å². The van der Waals surface area contributed by atoms with Crippen molar-refractivity contribution < 1.29 is 0 Å². The van der Waals surface area contributed by atoms with E-state index in [1.807, 2.05) is 6.20 Å². The van der Waals surface area contributed by atoms with E-state index in [1.165, 1.54) is 82.5 Å². The fourth-order valence-electron chi connectivity index (χ4n) is 3.95. The van der Waals surface area contributed by atoms with Crippen molar-refractivity contribution in [2.45, 2.75) is 57.9 Å². The summed E-state index contributed by atoms with van der Waals surface area (Å²) in [5.41, 5.74) is 1.48. The molecular weight excluding hydrogens is 258 g/mol. The minimum absolute atomic E-state index is 0.594. The number of anilines is 1. The molecule has 0 aliphatic carbocycles. The fourth-order valence-corrected chi connectivity index (χ4v) is 3.95. The van der Waals surface area contributed by atoms with Crippen molar-refractivity contribution in [3.8, 4) is 0 Å². The zero-order chi connectivity index (χ0) is 14.5. The molecule has 3 heteroatoms. The second-order valence-electron chi connectivity index (χ2n) is 6.51. The van der Waals surface area contributed by atoms with Crippen molar-refractivity contribution in [3.63, 3.8) is 0 Å². The van der Waals surface area contributed by atoms with Gasteiger partial charge in [-0.1, -0.05) is 25.8 Å². The van der Waals surface area contributed by atoms with Crippen molar-refractivity contribution in [1.29, 1.82) is 0 Å². The molecule has 1 aromatic rings. The lowest BCUT2D eigenvalue weighted by Gasteiger charge is -2.30. The number of pyridine rings is 1. The molecule has 0 radical (unpaired) electrons. The van der Waals surface area contributed by atoms with Crippen molar-refractivity contribution in [3.05, 3.63) is 23.9 Å². The zero-order valence-electron chi connectivity index (χ0n) is 13.4. The van der Waals surface area contributed by atoms with Gasteiger partial charge in [-0.2, -0.15) is 0 Å². The average molecular weight is 287 g/mol. The Bertz CT molecular complexity index is 438. The van der Waals surface area contributed by atoms with Crippen LogP contribution >= 0.6 is 0 Å². The Morgan fingerprint density at radius 2 is 1.90 bits per heavy atom. The summed E-state index contributed by atoms with van der Waals surface area (Å²) in [6.45, 7) is 7.13. The molecule has 0 aromatic carbocycles. The number of aromatic nitrogens is 1. The number of hydrogen-bond donors (Lipinski definition) is 0. The Hall–Kier alpha value is -1.09. The Morgan fingerprint density at radius 3 is 2.67 bits per heavy atom. The first-order valence-electron chi connectivity index (χ1n) is 8.84. The van der Waals surface area contributed by atoms with E-state index in [-0.39, 0.29) is 0 Å². The van der Waals surface area contributed by atoms with E-state index in [9.17, 15) is 0 Å². The first kappa shape index (κ1) is 14.8. The minimum Gasteiger partial charge on any atom is -0.356 e. The Morgan fingerprint density at radius 1 is 1.10 bits per heavy atom. The highest BCUT2D eigenvalue weighted by molar-refractivity contribution is 5.49. The highest BCUT2D eigenvalue weighted by Gasteiger charge is 2.28. The number of rotatable bonds is 4. The van der Waals surface area contributed by atoms with Gasteiger partial charge in [-0.05, 0) is 51.3 Å². The summed E-state index contributed by atoms with van der Waals surface area (Å²) < 4.78 is 0. The molecule has 2 saturated heterocycles. The van der Waals surface area contributed by atoms with E-state index in [0.29, 0.717) is 6.04 Å². The molecule has 116 valence electrons. The van der Waals surface area contributed by atoms with Gasteiger partial charge >= 0.3 is 0 Å². The topological polar surface area (TPSA) is 19.4 Å². The van der Waals surface area contributed by atoms with Crippen LogP contribution in [0.3, 0.4) is 0 Å². The number of hydrogen-bond acceptors (Lipinski definition) is 3. The third kappa shape index (κ3) is 3.39. The molecule has 0 amide bonds. The van der Waals surface area contributed by atoms with Crippen molar-refractivity contribution in [1.82, 2.24) is 9.88 Å². The molecule has 0 unspecified atom stereocenters. The normalized spacial score (nSPS) is 24.2. The lowest BCUT2D eigenvalue weighted by molar-refractivity contribution is 0.257. The second kappa shape index (κ2) is 7.26. The summed E-state index contributed by atoms with van der Waals surface area (Å²) in [6.07, 6.45) is 11.2. The fraction of sp³-hybridized carbons (Fsp3) is 0.722. The van der Waals surface area contributed by atoms with Gasteiger partial charge in [0.2, 0.25) is 0 Å². The van der Waals surface area contributed by atoms with E-state index in [2.05, 4.69) is 28.9 Å². The van der Waals surface area contributed by atoms with E-state index >= 15 is 0 Å². The summed E-state index contributed by atoms with van der Waals surface area (Å²) in [6, 6.07) is 5.04. The van der Waals surface area contributed by atoms with Gasteiger partial charge in [0.25, 0.3) is 0 Å². The van der Waals surface area contributed by atoms with E-state index in [1.54, 1.807) is 0 Å². The molecule has 2 fully saturated rings. The maximum Gasteiger partial charge on any atom is 0.133 e. The second-order valence-corrected chi connectivity index (χ2v) is 6.51. The quantitative estimate of drug-likeness (QED) is 0.834. The van der Waals surface area contributed by atoms with Gasteiger partial charge in [0, 0.05) is 30.9 Å². The predicted molar refractivity (Wildman–Crippen MR) is 88.8 cm³/mol. The first-order chi connectivity index (χ1) is 10.4. The lowest BCUT2D eigenvalue weighted by Crippen LogP contribution is -2.29. The van der Waals surface area contributed by atoms with Crippen LogP contribution < -0.4 is 4.90 Å². The molecule has 2 aliphatic rings. The molecular formula is C18H29N3. The molecule has 1 atom stereocenters. The van der Waals surface area contributed by atoms with Crippen LogP contribution in [-0.2, 0) is 0 Å². The Balaban J connectivity index is 1.84. The first-order valence-corrected chi connectivity index (χ1v) is 8.84. The predicted octanol–water partition coefficient (Wildman–Crippen LogP) is 4.01. The van der Waals surface area contributed by atoms with Crippen LogP contribution in [0, 0.1) is 0 Å². The SMILES string of the molecule is CCCN1CCC[C@@H]1c1cccnc1N1CCCCCC1. The third-order valence-electron chi connectivity index (χ3n) is 4.96. The standard InChI is InChI=1S/C18H29N3/c1-2-12-20-15-8-10-17(20)16-9-7-11-19-18(16)21-13-5-3-4-6-14-21/h7,9,11,17H,2-6,8,10,12-15H2,1H3/t17-/m1/s1. The summed E-state index contributed by atoms with van der Waals surface area (Å²) >= 11 is 0. The van der Waals surface area contributed by atoms with Crippen LogP contribution in [0.2, 0.25) is 0 Å². The van der Waals surface area contributed by atoms with Gasteiger partial charge in [0.15, 0.2) is 0 Å². The molecule has 21 heavy (non-hydrogen) atoms. The minimum atomic E-state index is 0.594. The molecule has 2 aliphatic heterocycles. The Labute approximate surface area is 129 Å². The van der Waals surface area contributed by atoms with Crippen LogP contribution in [0.5, 0.6) is 0 Å². The third-order valence-corrected chi connectivity index (χ3v) is 4.96. The maximum atomic E-state index is 4.78. The molecule has 1 aromatic heterocycles. The molecule has 0 N–H and O–H groups in total. The van der Waals surface area contributed by atoms with Gasteiger partial charge in [-0.25, -0.2) is 4.98 Å². The molecule has 3 nitrogen and oxygen atoms in total. The summed E-state index contributed by atoms with van der Waals surface area (Å²) in [5, 5.41) is 0. The van der Waals surface area contributed by atoms with Crippen molar-refractivity contribution in [2.75, 3.05) is 31.1 Å². The van der Waals surface area contributed by atoms with E-state index in [0.717, 1.165) is 0 Å². The summed E-state index contributed by atoms with van der Waals surface area (Å²) in [5.74, 6) is 1.27. The van der Waals surface area contributed by atoms with Crippen LogP contribution in [0.1, 0.15) is 63.5 Å². The van der Waals surface area contributed by atoms with Gasteiger partial charge < -0.3 is 4.90 Å². The monoisotopic (exact) mass is 287 g/mol. The number of nitrogens with zero attached hydrogens (tertiary/aromatic N) is 3. The van der Waals surface area contributed by atoms with Crippen molar-refractivity contribution >= 4 is 5.82 Å². The highest BCUT2D eigenvalue weighted by Crippen LogP contribution is 2.36. The van der Waals surface area contributed by atoms with Crippen LogP contribution in [0.4, 0.5) is 5.82 Å². The van der Waals surface area contributed by atoms with Crippen LogP contribution in [0.15, 0.2) is 18.3 Å². The smallest absolute Gasteiger partial charge is 0.133 e. The van der Waals surface area contributed by atoms with Gasteiger partial charge in [0.05, 0.1) is 0 Å².